The van der Waals surface area contributed by atoms with Gasteiger partial charge in [-0.05, 0) is 49.3 Å². The van der Waals surface area contributed by atoms with Crippen LogP contribution in [0, 0.1) is 5.41 Å². The van der Waals surface area contributed by atoms with Crippen LogP contribution in [-0.4, -0.2) is 6.54 Å². The van der Waals surface area contributed by atoms with E-state index in [0.717, 1.165) is 11.0 Å². The lowest BCUT2D eigenvalue weighted by Gasteiger charge is -2.20. The highest BCUT2D eigenvalue weighted by Gasteiger charge is 2.40. The Kier molecular flexibility index (Phi) is 4.32. The molecule has 1 saturated carbocycles. The average Bonchev–Trinajstić information content (AvgIpc) is 3.07. The van der Waals surface area contributed by atoms with Gasteiger partial charge >= 0.3 is 0 Å². The van der Waals surface area contributed by atoms with Crippen LogP contribution >= 0.6 is 31.9 Å². The predicted molar refractivity (Wildman–Crippen MR) is 80.2 cm³/mol. The summed E-state index contributed by atoms with van der Waals surface area (Å²) in [5.74, 6) is 0. The minimum Gasteiger partial charge on any atom is -0.310 e. The number of benzene rings is 1. The van der Waals surface area contributed by atoms with Gasteiger partial charge in [0.25, 0.3) is 0 Å². The maximum atomic E-state index is 3.67. The van der Waals surface area contributed by atoms with E-state index in [-0.39, 0.29) is 0 Å². The van der Waals surface area contributed by atoms with Crippen molar-refractivity contribution in [2.45, 2.75) is 39.2 Å². The molecule has 3 heteroatoms. The zero-order valence-corrected chi connectivity index (χ0v) is 13.6. The summed E-state index contributed by atoms with van der Waals surface area (Å²) in [5, 5.41) is 3.67. The van der Waals surface area contributed by atoms with Crippen molar-refractivity contribution in [2.24, 2.45) is 5.41 Å². The van der Waals surface area contributed by atoms with Crippen LogP contribution in [-0.2, 0) is 0 Å². The number of hydrogen-bond donors (Lipinski definition) is 1. The summed E-state index contributed by atoms with van der Waals surface area (Å²) in [5.41, 5.74) is 1.94. The summed E-state index contributed by atoms with van der Waals surface area (Å²) in [6.45, 7) is 5.68. The third-order valence-corrected chi connectivity index (χ3v) is 5.10. The Morgan fingerprint density at radius 3 is 2.59 bits per heavy atom. The van der Waals surface area contributed by atoms with Crippen molar-refractivity contribution in [3.05, 3.63) is 32.7 Å². The summed E-state index contributed by atoms with van der Waals surface area (Å²) < 4.78 is 2.29. The van der Waals surface area contributed by atoms with Gasteiger partial charge in [-0.2, -0.15) is 0 Å². The lowest BCUT2D eigenvalue weighted by atomic mass is 10.0. The Bertz CT molecular complexity index is 399. The van der Waals surface area contributed by atoms with E-state index in [1.54, 1.807) is 0 Å². The van der Waals surface area contributed by atoms with E-state index in [0.29, 0.717) is 11.5 Å². The molecule has 0 aliphatic heterocycles. The Hall–Kier alpha value is 0.140. The van der Waals surface area contributed by atoms with Gasteiger partial charge in [-0.1, -0.05) is 44.8 Å². The average molecular weight is 361 g/mol. The van der Waals surface area contributed by atoms with Gasteiger partial charge in [0.05, 0.1) is 0 Å². The molecule has 0 amide bonds. The second-order valence-electron chi connectivity index (χ2n) is 5.12. The zero-order chi connectivity index (χ0) is 12.5. The lowest BCUT2D eigenvalue weighted by Crippen LogP contribution is -2.26. The molecule has 2 rings (SSSR count). The molecule has 0 spiro atoms. The van der Waals surface area contributed by atoms with Gasteiger partial charge in [0, 0.05) is 21.5 Å². The van der Waals surface area contributed by atoms with E-state index in [9.17, 15) is 0 Å². The van der Waals surface area contributed by atoms with E-state index >= 15 is 0 Å². The van der Waals surface area contributed by atoms with Crippen molar-refractivity contribution < 1.29 is 0 Å². The van der Waals surface area contributed by atoms with E-state index in [4.69, 9.17) is 0 Å². The molecule has 1 N–H and O–H groups in total. The highest BCUT2D eigenvalue weighted by atomic mass is 79.9. The molecule has 1 aromatic carbocycles. The minimum atomic E-state index is 0.404. The quantitative estimate of drug-likeness (QED) is 0.774. The van der Waals surface area contributed by atoms with Gasteiger partial charge in [-0.15, -0.1) is 0 Å². The van der Waals surface area contributed by atoms with Gasteiger partial charge in [0.15, 0.2) is 0 Å². The molecule has 0 radical (unpaired) electrons. The van der Waals surface area contributed by atoms with Crippen molar-refractivity contribution in [1.29, 1.82) is 0 Å². The van der Waals surface area contributed by atoms with Gasteiger partial charge in [0.1, 0.15) is 0 Å². The fourth-order valence-electron chi connectivity index (χ4n) is 2.16. The fourth-order valence-corrected chi connectivity index (χ4v) is 3.55. The topological polar surface area (TPSA) is 12.0 Å². The van der Waals surface area contributed by atoms with Crippen LogP contribution in [0.1, 0.15) is 44.7 Å². The van der Waals surface area contributed by atoms with Crippen LogP contribution in [0.4, 0.5) is 0 Å². The monoisotopic (exact) mass is 359 g/mol. The molecule has 0 saturated heterocycles. The Morgan fingerprint density at radius 2 is 2.06 bits per heavy atom. The maximum Gasteiger partial charge on any atom is 0.0303 e. The molecule has 1 atom stereocenters. The molecule has 1 aliphatic carbocycles. The third-order valence-electron chi connectivity index (χ3n) is 3.92. The molecule has 0 bridgehead atoms. The Morgan fingerprint density at radius 1 is 1.35 bits per heavy atom. The lowest BCUT2D eigenvalue weighted by molar-refractivity contribution is 0.414. The van der Waals surface area contributed by atoms with E-state index in [2.05, 4.69) is 69.2 Å². The first-order chi connectivity index (χ1) is 8.06. The number of nitrogens with one attached hydrogen (secondary N) is 1. The molecule has 0 aromatic heterocycles. The van der Waals surface area contributed by atoms with Crippen LogP contribution in [0.3, 0.4) is 0 Å². The number of halogens is 2. The van der Waals surface area contributed by atoms with Crippen molar-refractivity contribution in [3.8, 4) is 0 Å². The first-order valence-corrected chi connectivity index (χ1v) is 7.83. The standard InChI is InChI=1S/C14H19Br2N/c1-3-14(6-7-14)9-17-10(2)12-5-4-11(15)8-13(12)16/h4-5,8,10,17H,3,6-7,9H2,1-2H3. The summed E-state index contributed by atoms with van der Waals surface area (Å²) >= 11 is 7.12. The van der Waals surface area contributed by atoms with Gasteiger partial charge in [-0.3, -0.25) is 0 Å². The van der Waals surface area contributed by atoms with Crippen LogP contribution in [0.25, 0.3) is 0 Å². The van der Waals surface area contributed by atoms with Gasteiger partial charge < -0.3 is 5.32 Å². The molecule has 17 heavy (non-hydrogen) atoms. The van der Waals surface area contributed by atoms with Crippen molar-refractivity contribution in [1.82, 2.24) is 5.32 Å². The van der Waals surface area contributed by atoms with Crippen LogP contribution in [0.15, 0.2) is 27.1 Å². The minimum absolute atomic E-state index is 0.404. The number of rotatable bonds is 5. The first-order valence-electron chi connectivity index (χ1n) is 6.25. The normalized spacial score (nSPS) is 19.1. The smallest absolute Gasteiger partial charge is 0.0303 e. The van der Waals surface area contributed by atoms with E-state index in [1.165, 1.54) is 29.3 Å². The third kappa shape index (κ3) is 3.33. The van der Waals surface area contributed by atoms with Crippen molar-refractivity contribution in [3.63, 3.8) is 0 Å². The van der Waals surface area contributed by atoms with Crippen LogP contribution in [0.5, 0.6) is 0 Å². The molecular weight excluding hydrogens is 342 g/mol. The predicted octanol–water partition coefficient (Wildman–Crippen LogP) is 5.05. The van der Waals surface area contributed by atoms with Gasteiger partial charge in [-0.25, -0.2) is 0 Å². The Labute approximate surface area is 121 Å². The molecule has 0 heterocycles. The van der Waals surface area contributed by atoms with Crippen LogP contribution in [0.2, 0.25) is 0 Å². The van der Waals surface area contributed by atoms with Gasteiger partial charge in [0.2, 0.25) is 0 Å². The molecule has 1 aliphatic rings. The van der Waals surface area contributed by atoms with Crippen molar-refractivity contribution >= 4 is 31.9 Å². The highest BCUT2D eigenvalue weighted by Crippen LogP contribution is 2.48. The van der Waals surface area contributed by atoms with E-state index < -0.39 is 0 Å². The summed E-state index contributed by atoms with van der Waals surface area (Å²) in [7, 11) is 0. The van der Waals surface area contributed by atoms with E-state index in [1.807, 2.05) is 0 Å². The Balaban J connectivity index is 1.97. The molecular formula is C14H19Br2N. The number of hydrogen-bond acceptors (Lipinski definition) is 1. The SMILES string of the molecule is CCC1(CNC(C)c2ccc(Br)cc2Br)CC1. The highest BCUT2D eigenvalue weighted by molar-refractivity contribution is 9.11. The van der Waals surface area contributed by atoms with Crippen molar-refractivity contribution in [2.75, 3.05) is 6.54 Å². The summed E-state index contributed by atoms with van der Waals surface area (Å²) in [6.07, 6.45) is 4.09. The molecule has 1 nitrogen and oxygen atoms in total. The summed E-state index contributed by atoms with van der Waals surface area (Å²) in [6, 6.07) is 6.80. The maximum absolute atomic E-state index is 3.67. The molecule has 94 valence electrons. The second kappa shape index (κ2) is 5.41. The largest absolute Gasteiger partial charge is 0.310 e. The molecule has 1 unspecified atom stereocenters. The molecule has 1 aromatic rings. The molecule has 1 fully saturated rings. The fraction of sp³-hybridized carbons (Fsp3) is 0.571. The first kappa shape index (κ1) is 13.6. The zero-order valence-electron chi connectivity index (χ0n) is 10.4. The second-order valence-corrected chi connectivity index (χ2v) is 6.89. The van der Waals surface area contributed by atoms with Crippen LogP contribution < -0.4 is 5.32 Å². The summed E-state index contributed by atoms with van der Waals surface area (Å²) in [4.78, 5) is 0.